The fraction of sp³-hybridized carbons (Fsp3) is 0.364. The summed E-state index contributed by atoms with van der Waals surface area (Å²) >= 11 is 3.25. The Morgan fingerprint density at radius 1 is 1.39 bits per heavy atom. The third-order valence-corrected chi connectivity index (χ3v) is 4.35. The Hall–Kier alpha value is -0.920. The molecule has 0 aliphatic heterocycles. The van der Waals surface area contributed by atoms with Gasteiger partial charge in [-0.3, -0.25) is 4.79 Å². The number of carbonyl (C=O) groups is 1. The number of sulfonamides is 1. The van der Waals surface area contributed by atoms with Crippen LogP contribution < -0.4 is 10.5 Å². The molecule has 0 aromatic heterocycles. The normalized spacial score (nSPS) is 13.1. The lowest BCUT2D eigenvalue weighted by atomic mass is 10.2. The Labute approximate surface area is 115 Å². The minimum absolute atomic E-state index is 0.0597. The van der Waals surface area contributed by atoms with Crippen LogP contribution in [0.15, 0.2) is 29.2 Å². The maximum absolute atomic E-state index is 11.5. The minimum Gasteiger partial charge on any atom is -0.351 e. The third kappa shape index (κ3) is 4.40. The van der Waals surface area contributed by atoms with Crippen molar-refractivity contribution in [2.45, 2.75) is 29.6 Å². The lowest BCUT2D eigenvalue weighted by Crippen LogP contribution is -2.30. The number of primary sulfonamides is 1. The number of hydrogen-bond acceptors (Lipinski definition) is 3. The summed E-state index contributed by atoms with van der Waals surface area (Å²) in [6.45, 7) is 2.26. The molecule has 0 aliphatic rings. The van der Waals surface area contributed by atoms with Gasteiger partial charge in [-0.25, -0.2) is 13.6 Å². The molecule has 100 valence electrons. The van der Waals surface area contributed by atoms with E-state index in [9.17, 15) is 13.2 Å². The molecule has 3 N–H and O–H groups in total. The van der Waals surface area contributed by atoms with Gasteiger partial charge in [0.15, 0.2) is 0 Å². The zero-order chi connectivity index (χ0) is 13.8. The summed E-state index contributed by atoms with van der Waals surface area (Å²) in [6, 6.07) is 6.08. The van der Waals surface area contributed by atoms with Crippen molar-refractivity contribution in [3.63, 3.8) is 0 Å². The molecule has 0 radical (unpaired) electrons. The summed E-state index contributed by atoms with van der Waals surface area (Å²) in [5.74, 6) is -0.0898. The first kappa shape index (κ1) is 15.1. The topological polar surface area (TPSA) is 89.3 Å². The van der Waals surface area contributed by atoms with Crippen LogP contribution in [-0.2, 0) is 21.4 Å². The van der Waals surface area contributed by atoms with Gasteiger partial charge in [-0.15, -0.1) is 0 Å². The number of alkyl halides is 1. The Bertz CT molecular complexity index is 514. The number of nitrogens with two attached hydrogens (primary N) is 1. The second-order valence-electron chi connectivity index (χ2n) is 3.78. The molecule has 5 nitrogen and oxygen atoms in total. The van der Waals surface area contributed by atoms with Gasteiger partial charge >= 0.3 is 0 Å². The number of hydrogen-bond donors (Lipinski definition) is 2. The van der Waals surface area contributed by atoms with Gasteiger partial charge in [0.05, 0.1) is 9.72 Å². The number of carbonyl (C=O) groups excluding carboxylic acids is 1. The van der Waals surface area contributed by atoms with Gasteiger partial charge in [0.2, 0.25) is 15.9 Å². The van der Waals surface area contributed by atoms with Crippen molar-refractivity contribution >= 4 is 31.9 Å². The number of benzene rings is 1. The zero-order valence-corrected chi connectivity index (χ0v) is 12.3. The molecule has 1 unspecified atom stereocenters. The van der Waals surface area contributed by atoms with E-state index in [1.165, 1.54) is 12.1 Å². The lowest BCUT2D eigenvalue weighted by Gasteiger charge is -2.09. The minimum atomic E-state index is -3.66. The van der Waals surface area contributed by atoms with Gasteiger partial charge in [0.25, 0.3) is 0 Å². The molecule has 0 fully saturated rings. The predicted molar refractivity (Wildman–Crippen MR) is 72.7 cm³/mol. The summed E-state index contributed by atoms with van der Waals surface area (Å²) in [5.41, 5.74) is 0.812. The van der Waals surface area contributed by atoms with Crippen LogP contribution in [0.1, 0.15) is 18.9 Å². The third-order valence-electron chi connectivity index (χ3n) is 2.36. The van der Waals surface area contributed by atoms with Crippen LogP contribution in [0.2, 0.25) is 0 Å². The van der Waals surface area contributed by atoms with E-state index in [-0.39, 0.29) is 15.6 Å². The Balaban J connectivity index is 2.63. The number of rotatable bonds is 5. The lowest BCUT2D eigenvalue weighted by molar-refractivity contribution is -0.120. The first-order valence-electron chi connectivity index (χ1n) is 5.38. The molecule has 1 amide bonds. The van der Waals surface area contributed by atoms with E-state index < -0.39 is 10.0 Å². The molecular formula is C11H15BrN2O3S. The van der Waals surface area contributed by atoms with Gasteiger partial charge in [0.1, 0.15) is 0 Å². The van der Waals surface area contributed by atoms with Crippen LogP contribution in [-0.4, -0.2) is 19.2 Å². The van der Waals surface area contributed by atoms with Gasteiger partial charge in [-0.2, -0.15) is 0 Å². The Morgan fingerprint density at radius 2 is 1.94 bits per heavy atom. The Morgan fingerprint density at radius 3 is 2.39 bits per heavy atom. The van der Waals surface area contributed by atoms with Crippen molar-refractivity contribution in [1.82, 2.24) is 5.32 Å². The van der Waals surface area contributed by atoms with E-state index >= 15 is 0 Å². The molecule has 1 aromatic carbocycles. The molecule has 1 atom stereocenters. The maximum atomic E-state index is 11.5. The van der Waals surface area contributed by atoms with Gasteiger partial charge in [-0.05, 0) is 24.1 Å². The Kier molecular flexibility index (Phi) is 5.30. The standard InChI is InChI=1S/C11H15BrN2O3S/c1-2-10(12)11(15)14-7-8-3-5-9(6-4-8)18(13,16)17/h3-6,10H,2,7H2,1H3,(H,14,15)(H2,13,16,17). The van der Waals surface area contributed by atoms with Crippen molar-refractivity contribution < 1.29 is 13.2 Å². The van der Waals surface area contributed by atoms with Crippen LogP contribution >= 0.6 is 15.9 Å². The predicted octanol–water partition coefficient (Wildman–Crippen LogP) is 1.12. The quantitative estimate of drug-likeness (QED) is 0.791. The van der Waals surface area contributed by atoms with E-state index in [1.807, 2.05) is 6.92 Å². The molecule has 0 saturated carbocycles. The van der Waals surface area contributed by atoms with E-state index in [4.69, 9.17) is 5.14 Å². The van der Waals surface area contributed by atoms with Crippen LogP contribution in [0, 0.1) is 0 Å². The van der Waals surface area contributed by atoms with E-state index in [0.717, 1.165) is 5.56 Å². The molecule has 7 heteroatoms. The monoisotopic (exact) mass is 334 g/mol. The summed E-state index contributed by atoms with van der Waals surface area (Å²) in [4.78, 5) is 11.4. The molecule has 0 spiro atoms. The summed E-state index contributed by atoms with van der Waals surface area (Å²) in [5, 5.41) is 7.72. The summed E-state index contributed by atoms with van der Waals surface area (Å²) in [7, 11) is -3.66. The number of nitrogens with one attached hydrogen (secondary N) is 1. The summed E-state index contributed by atoms with van der Waals surface area (Å²) < 4.78 is 22.1. The number of amides is 1. The average molecular weight is 335 g/mol. The largest absolute Gasteiger partial charge is 0.351 e. The fourth-order valence-corrected chi connectivity index (χ4v) is 1.96. The highest BCUT2D eigenvalue weighted by Crippen LogP contribution is 2.09. The molecule has 0 aliphatic carbocycles. The second kappa shape index (κ2) is 6.31. The van der Waals surface area contributed by atoms with Crippen LogP contribution in [0.25, 0.3) is 0 Å². The van der Waals surface area contributed by atoms with Crippen molar-refractivity contribution in [1.29, 1.82) is 0 Å². The molecule has 0 bridgehead atoms. The molecule has 1 rings (SSSR count). The van der Waals surface area contributed by atoms with Crippen LogP contribution in [0.5, 0.6) is 0 Å². The molecule has 1 aromatic rings. The fourth-order valence-electron chi connectivity index (χ4n) is 1.28. The molecule has 0 saturated heterocycles. The molecule has 18 heavy (non-hydrogen) atoms. The number of halogens is 1. The van der Waals surface area contributed by atoms with Crippen molar-refractivity contribution in [3.05, 3.63) is 29.8 Å². The van der Waals surface area contributed by atoms with E-state index in [2.05, 4.69) is 21.2 Å². The first-order valence-corrected chi connectivity index (χ1v) is 7.84. The maximum Gasteiger partial charge on any atom is 0.238 e. The van der Waals surface area contributed by atoms with Crippen molar-refractivity contribution in [3.8, 4) is 0 Å². The smallest absolute Gasteiger partial charge is 0.238 e. The second-order valence-corrected chi connectivity index (χ2v) is 6.45. The van der Waals surface area contributed by atoms with E-state index in [1.54, 1.807) is 12.1 Å². The molecule has 0 heterocycles. The van der Waals surface area contributed by atoms with Crippen molar-refractivity contribution in [2.24, 2.45) is 5.14 Å². The first-order chi connectivity index (χ1) is 8.34. The highest BCUT2D eigenvalue weighted by atomic mass is 79.9. The zero-order valence-electron chi connectivity index (χ0n) is 9.89. The SMILES string of the molecule is CCC(Br)C(=O)NCc1ccc(S(N)(=O)=O)cc1. The van der Waals surface area contributed by atoms with Gasteiger partial charge in [0, 0.05) is 6.54 Å². The van der Waals surface area contributed by atoms with Gasteiger partial charge < -0.3 is 5.32 Å². The average Bonchev–Trinajstić information content (AvgIpc) is 2.34. The highest BCUT2D eigenvalue weighted by molar-refractivity contribution is 9.10. The highest BCUT2D eigenvalue weighted by Gasteiger charge is 2.11. The van der Waals surface area contributed by atoms with E-state index in [0.29, 0.717) is 13.0 Å². The molecular weight excluding hydrogens is 320 g/mol. The van der Waals surface area contributed by atoms with Gasteiger partial charge in [-0.1, -0.05) is 35.0 Å². The van der Waals surface area contributed by atoms with Crippen molar-refractivity contribution in [2.75, 3.05) is 0 Å². The summed E-state index contributed by atoms with van der Waals surface area (Å²) in [6.07, 6.45) is 0.705. The van der Waals surface area contributed by atoms with Crippen LogP contribution in [0.3, 0.4) is 0 Å². The van der Waals surface area contributed by atoms with Crippen LogP contribution in [0.4, 0.5) is 0 Å².